The van der Waals surface area contributed by atoms with Gasteiger partial charge < -0.3 is 14.5 Å². The third kappa shape index (κ3) is 5.64. The molecule has 0 radical (unpaired) electrons. The molecule has 1 aliphatic heterocycles. The van der Waals surface area contributed by atoms with Crippen LogP contribution in [0.3, 0.4) is 0 Å². The highest BCUT2D eigenvalue weighted by Crippen LogP contribution is 2.40. The normalized spacial score (nSPS) is 26.2. The number of nitrogens with zero attached hydrogens (tertiary/aromatic N) is 2. The monoisotopic (exact) mass is 394 g/mol. The first kappa shape index (κ1) is 23.0. The maximum atomic E-state index is 13.4. The summed E-state index contributed by atoms with van der Waals surface area (Å²) >= 11 is 0. The molecule has 0 spiro atoms. The summed E-state index contributed by atoms with van der Waals surface area (Å²) < 4.78 is 5.60. The molecular weight excluding hydrogens is 352 g/mol. The lowest BCUT2D eigenvalue weighted by molar-refractivity contribution is -0.146. The van der Waals surface area contributed by atoms with Crippen molar-refractivity contribution in [1.29, 1.82) is 0 Å². The summed E-state index contributed by atoms with van der Waals surface area (Å²) in [5, 5.41) is 0. The van der Waals surface area contributed by atoms with Gasteiger partial charge in [0.25, 0.3) is 0 Å². The molecule has 2 rings (SSSR count). The molecule has 0 unspecified atom stereocenters. The van der Waals surface area contributed by atoms with Crippen LogP contribution in [0.15, 0.2) is 0 Å². The summed E-state index contributed by atoms with van der Waals surface area (Å²) in [6, 6.07) is 0.422. The Kier molecular flexibility index (Phi) is 6.47. The van der Waals surface area contributed by atoms with Crippen molar-refractivity contribution in [3.8, 4) is 0 Å². The number of ether oxygens (including phenoxy) is 1. The Balaban J connectivity index is 2.20. The summed E-state index contributed by atoms with van der Waals surface area (Å²) in [7, 11) is 0. The molecule has 2 atom stereocenters. The van der Waals surface area contributed by atoms with Gasteiger partial charge in [0.2, 0.25) is 5.91 Å². The van der Waals surface area contributed by atoms with Crippen molar-refractivity contribution in [2.24, 2.45) is 10.8 Å². The fourth-order valence-corrected chi connectivity index (χ4v) is 4.46. The molecule has 2 aliphatic rings. The van der Waals surface area contributed by atoms with Crippen LogP contribution in [0.5, 0.6) is 0 Å². The zero-order chi connectivity index (χ0) is 21.5. The van der Waals surface area contributed by atoms with Gasteiger partial charge in [0.05, 0.1) is 6.04 Å². The summed E-state index contributed by atoms with van der Waals surface area (Å²) in [5.41, 5.74) is -0.571. The molecule has 1 saturated heterocycles. The third-order valence-electron chi connectivity index (χ3n) is 6.15. The molecule has 2 amide bonds. The second-order valence-electron chi connectivity index (χ2n) is 11.7. The van der Waals surface area contributed by atoms with Crippen LogP contribution >= 0.6 is 0 Å². The third-order valence-corrected chi connectivity index (χ3v) is 6.15. The second-order valence-corrected chi connectivity index (χ2v) is 11.7. The minimum Gasteiger partial charge on any atom is -0.444 e. The number of hydrogen-bond acceptors (Lipinski definition) is 3. The van der Waals surface area contributed by atoms with E-state index in [4.69, 9.17) is 4.74 Å². The van der Waals surface area contributed by atoms with Crippen LogP contribution in [0.4, 0.5) is 4.79 Å². The Bertz CT molecular complexity index is 576. The molecule has 0 aromatic carbocycles. The smallest absolute Gasteiger partial charge is 0.410 e. The Labute approximate surface area is 172 Å². The molecular formula is C23H42N2O3. The van der Waals surface area contributed by atoms with Gasteiger partial charge in [-0.25, -0.2) is 4.79 Å². The van der Waals surface area contributed by atoms with Crippen LogP contribution in [0, 0.1) is 10.8 Å². The van der Waals surface area contributed by atoms with Crippen molar-refractivity contribution in [2.75, 3.05) is 6.54 Å². The first-order chi connectivity index (χ1) is 12.6. The van der Waals surface area contributed by atoms with E-state index < -0.39 is 11.0 Å². The highest BCUT2D eigenvalue weighted by Gasteiger charge is 2.44. The van der Waals surface area contributed by atoms with E-state index in [0.717, 1.165) is 32.1 Å². The number of carbonyl (C=O) groups excluding carboxylic acids is 2. The highest BCUT2D eigenvalue weighted by molar-refractivity contribution is 5.82. The standard InChI is InChI=1S/C23H42N2O3/c1-16-14-18(15-24(16)20(27)28-22(5,6)7)25(19(26)21(2,3)4)17-10-12-23(8,9)13-11-17/h16-18H,10-15H2,1-9H3/t16-,18+/m1/s1. The van der Waals surface area contributed by atoms with Gasteiger partial charge in [-0.05, 0) is 65.2 Å². The number of rotatable bonds is 2. The molecule has 162 valence electrons. The van der Waals surface area contributed by atoms with Crippen LogP contribution in [-0.4, -0.2) is 52.1 Å². The van der Waals surface area contributed by atoms with Crippen molar-refractivity contribution in [3.63, 3.8) is 0 Å². The van der Waals surface area contributed by atoms with Crippen LogP contribution in [0.1, 0.15) is 94.4 Å². The fraction of sp³-hybridized carbons (Fsp3) is 0.913. The van der Waals surface area contributed by atoms with E-state index in [2.05, 4.69) is 25.7 Å². The van der Waals surface area contributed by atoms with Crippen LogP contribution < -0.4 is 0 Å². The summed E-state index contributed by atoms with van der Waals surface area (Å²) in [6.07, 6.45) is 4.93. The van der Waals surface area contributed by atoms with E-state index in [9.17, 15) is 9.59 Å². The zero-order valence-corrected chi connectivity index (χ0v) is 19.6. The maximum Gasteiger partial charge on any atom is 0.410 e. The average Bonchev–Trinajstić information content (AvgIpc) is 2.88. The molecule has 5 heteroatoms. The summed E-state index contributed by atoms with van der Waals surface area (Å²) in [4.78, 5) is 30.0. The highest BCUT2D eigenvalue weighted by atomic mass is 16.6. The summed E-state index contributed by atoms with van der Waals surface area (Å²) in [6.45, 7) is 18.9. The van der Waals surface area contributed by atoms with Crippen molar-refractivity contribution in [1.82, 2.24) is 9.80 Å². The molecule has 0 aromatic heterocycles. The Hall–Kier alpha value is -1.26. The van der Waals surface area contributed by atoms with E-state index >= 15 is 0 Å². The average molecular weight is 395 g/mol. The van der Waals surface area contributed by atoms with Gasteiger partial charge in [-0.3, -0.25) is 4.79 Å². The Morgan fingerprint density at radius 3 is 2.00 bits per heavy atom. The van der Waals surface area contributed by atoms with Gasteiger partial charge in [0, 0.05) is 24.0 Å². The van der Waals surface area contributed by atoms with Crippen LogP contribution in [0.25, 0.3) is 0 Å². The van der Waals surface area contributed by atoms with E-state index in [0.29, 0.717) is 12.0 Å². The molecule has 1 aliphatic carbocycles. The Morgan fingerprint density at radius 2 is 1.54 bits per heavy atom. The molecule has 1 saturated carbocycles. The van der Waals surface area contributed by atoms with Gasteiger partial charge >= 0.3 is 6.09 Å². The first-order valence-electron chi connectivity index (χ1n) is 10.9. The van der Waals surface area contributed by atoms with E-state index in [1.54, 1.807) is 0 Å². The van der Waals surface area contributed by atoms with Crippen molar-refractivity contribution in [3.05, 3.63) is 0 Å². The lowest BCUT2D eigenvalue weighted by atomic mass is 9.74. The van der Waals surface area contributed by atoms with Crippen LogP contribution in [-0.2, 0) is 9.53 Å². The number of carbonyl (C=O) groups is 2. The van der Waals surface area contributed by atoms with Gasteiger partial charge in [0.15, 0.2) is 0 Å². The van der Waals surface area contributed by atoms with E-state index in [-0.39, 0.29) is 30.1 Å². The zero-order valence-electron chi connectivity index (χ0n) is 19.6. The van der Waals surface area contributed by atoms with Crippen molar-refractivity contribution < 1.29 is 14.3 Å². The molecule has 5 nitrogen and oxygen atoms in total. The maximum absolute atomic E-state index is 13.4. The first-order valence-corrected chi connectivity index (χ1v) is 10.9. The second kappa shape index (κ2) is 7.87. The van der Waals surface area contributed by atoms with Gasteiger partial charge in [0.1, 0.15) is 5.60 Å². The number of likely N-dealkylation sites (tertiary alicyclic amines) is 1. The van der Waals surface area contributed by atoms with E-state index in [1.165, 1.54) is 0 Å². The minimum absolute atomic E-state index is 0.0699. The Morgan fingerprint density at radius 1 is 1.00 bits per heavy atom. The predicted octanol–water partition coefficient (Wildman–Crippen LogP) is 5.23. The predicted molar refractivity (Wildman–Crippen MR) is 113 cm³/mol. The SMILES string of the molecule is C[C@@H]1C[C@H](N(C(=O)C(C)(C)C)C2CCC(C)(C)CC2)CN1C(=O)OC(C)(C)C. The quantitative estimate of drug-likeness (QED) is 0.644. The van der Waals surface area contributed by atoms with E-state index in [1.807, 2.05) is 46.4 Å². The molecule has 0 bridgehead atoms. The minimum atomic E-state index is -0.509. The molecule has 1 heterocycles. The van der Waals surface area contributed by atoms with Crippen molar-refractivity contribution >= 4 is 12.0 Å². The lowest BCUT2D eigenvalue weighted by Gasteiger charge is -2.45. The lowest BCUT2D eigenvalue weighted by Crippen LogP contribution is -2.53. The van der Waals surface area contributed by atoms with Crippen LogP contribution in [0.2, 0.25) is 0 Å². The summed E-state index contributed by atoms with van der Waals surface area (Å²) in [5.74, 6) is 0.209. The van der Waals surface area contributed by atoms with Gasteiger partial charge in [-0.2, -0.15) is 0 Å². The number of hydrogen-bond donors (Lipinski definition) is 0. The topological polar surface area (TPSA) is 49.9 Å². The van der Waals surface area contributed by atoms with Gasteiger partial charge in [-0.15, -0.1) is 0 Å². The largest absolute Gasteiger partial charge is 0.444 e. The molecule has 28 heavy (non-hydrogen) atoms. The molecule has 2 fully saturated rings. The van der Waals surface area contributed by atoms with Gasteiger partial charge in [-0.1, -0.05) is 34.6 Å². The number of amides is 2. The molecule has 0 N–H and O–H groups in total. The van der Waals surface area contributed by atoms with Crippen molar-refractivity contribution in [2.45, 2.75) is 118 Å². The fourth-order valence-electron chi connectivity index (χ4n) is 4.46. The molecule has 0 aromatic rings.